The van der Waals surface area contributed by atoms with Gasteiger partial charge in [-0.1, -0.05) is 19.1 Å². The first-order valence-electron chi connectivity index (χ1n) is 7.68. The van der Waals surface area contributed by atoms with E-state index in [1.165, 1.54) is 0 Å². The van der Waals surface area contributed by atoms with E-state index >= 15 is 0 Å². The third-order valence-corrected chi connectivity index (χ3v) is 3.27. The predicted molar refractivity (Wildman–Crippen MR) is 95.5 cm³/mol. The van der Waals surface area contributed by atoms with E-state index in [1.807, 2.05) is 24.3 Å². The maximum atomic E-state index is 12.0. The van der Waals surface area contributed by atoms with E-state index in [0.29, 0.717) is 23.5 Å². The Labute approximate surface area is 141 Å². The number of carbonyl (C=O) groups excluding carboxylic acids is 2. The van der Waals surface area contributed by atoms with Crippen LogP contribution in [0.2, 0.25) is 0 Å². The molecule has 24 heavy (non-hydrogen) atoms. The van der Waals surface area contributed by atoms with Crippen molar-refractivity contribution in [2.45, 2.75) is 13.3 Å². The Morgan fingerprint density at radius 2 is 1.54 bits per heavy atom. The third-order valence-electron chi connectivity index (χ3n) is 3.27. The Hall–Kier alpha value is -3.02. The lowest BCUT2D eigenvalue weighted by Crippen LogP contribution is -2.21. The first-order valence-corrected chi connectivity index (χ1v) is 7.68. The molecule has 0 aliphatic rings. The van der Waals surface area contributed by atoms with Crippen molar-refractivity contribution in [2.75, 3.05) is 29.6 Å². The lowest BCUT2D eigenvalue weighted by atomic mass is 10.2. The summed E-state index contributed by atoms with van der Waals surface area (Å²) in [4.78, 5) is 23.4. The average molecular weight is 327 g/mol. The number of amides is 2. The molecule has 0 aromatic heterocycles. The van der Waals surface area contributed by atoms with Crippen molar-refractivity contribution in [3.05, 3.63) is 48.5 Å². The van der Waals surface area contributed by atoms with Gasteiger partial charge in [0.15, 0.2) is 0 Å². The van der Waals surface area contributed by atoms with Crippen LogP contribution in [0.25, 0.3) is 0 Å². The molecule has 0 unspecified atom stereocenters. The molecule has 6 heteroatoms. The molecule has 0 radical (unpaired) electrons. The van der Waals surface area contributed by atoms with E-state index in [-0.39, 0.29) is 18.4 Å². The predicted octanol–water partition coefficient (Wildman–Crippen LogP) is 3.09. The Morgan fingerprint density at radius 1 is 0.917 bits per heavy atom. The van der Waals surface area contributed by atoms with Gasteiger partial charge in [0.05, 0.1) is 13.7 Å². The Balaban J connectivity index is 1.89. The number of hydrogen-bond donors (Lipinski definition) is 3. The summed E-state index contributed by atoms with van der Waals surface area (Å²) in [5.74, 6) is 0.453. The molecule has 2 rings (SSSR count). The maximum Gasteiger partial charge on any atom is 0.243 e. The van der Waals surface area contributed by atoms with Gasteiger partial charge in [-0.05, 0) is 30.3 Å². The summed E-state index contributed by atoms with van der Waals surface area (Å²) in [5, 5.41) is 8.60. The van der Waals surface area contributed by atoms with E-state index in [9.17, 15) is 9.59 Å². The van der Waals surface area contributed by atoms with E-state index < -0.39 is 0 Å². The molecule has 126 valence electrons. The van der Waals surface area contributed by atoms with Gasteiger partial charge in [0.25, 0.3) is 0 Å². The van der Waals surface area contributed by atoms with Gasteiger partial charge >= 0.3 is 0 Å². The van der Waals surface area contributed by atoms with Crippen molar-refractivity contribution in [2.24, 2.45) is 0 Å². The number of anilines is 3. The van der Waals surface area contributed by atoms with Crippen molar-refractivity contribution < 1.29 is 14.3 Å². The number of methoxy groups -OCH3 is 1. The zero-order valence-electron chi connectivity index (χ0n) is 13.8. The molecule has 0 spiro atoms. The van der Waals surface area contributed by atoms with Gasteiger partial charge in [0, 0.05) is 29.5 Å². The third kappa shape index (κ3) is 5.31. The summed E-state index contributed by atoms with van der Waals surface area (Å²) in [6, 6.07) is 14.4. The summed E-state index contributed by atoms with van der Waals surface area (Å²) >= 11 is 0. The first-order chi connectivity index (χ1) is 11.6. The highest BCUT2D eigenvalue weighted by molar-refractivity contribution is 5.94. The summed E-state index contributed by atoms with van der Waals surface area (Å²) in [6.07, 6.45) is 0.417. The van der Waals surface area contributed by atoms with Gasteiger partial charge in [0.1, 0.15) is 5.75 Å². The second-order valence-electron chi connectivity index (χ2n) is 5.12. The summed E-state index contributed by atoms with van der Waals surface area (Å²) in [6.45, 7) is 1.91. The van der Waals surface area contributed by atoms with Crippen molar-refractivity contribution in [3.8, 4) is 5.75 Å². The highest BCUT2D eigenvalue weighted by Gasteiger charge is 2.04. The van der Waals surface area contributed by atoms with Crippen LogP contribution in [-0.2, 0) is 9.59 Å². The van der Waals surface area contributed by atoms with Crippen molar-refractivity contribution in [1.82, 2.24) is 0 Å². The molecule has 0 saturated carbocycles. The first kappa shape index (κ1) is 17.3. The Morgan fingerprint density at radius 3 is 2.25 bits per heavy atom. The van der Waals surface area contributed by atoms with Gasteiger partial charge < -0.3 is 20.7 Å². The topological polar surface area (TPSA) is 79.5 Å². The van der Waals surface area contributed by atoms with Crippen LogP contribution in [0.1, 0.15) is 13.3 Å². The van der Waals surface area contributed by atoms with Crippen LogP contribution in [0.3, 0.4) is 0 Å². The number of ether oxygens (including phenoxy) is 1. The molecule has 3 N–H and O–H groups in total. The molecule has 2 amide bonds. The highest BCUT2D eigenvalue weighted by atomic mass is 16.5. The molecule has 0 bridgehead atoms. The fourth-order valence-corrected chi connectivity index (χ4v) is 2.04. The van der Waals surface area contributed by atoms with Crippen molar-refractivity contribution in [1.29, 1.82) is 0 Å². The van der Waals surface area contributed by atoms with Crippen LogP contribution >= 0.6 is 0 Å². The molecule has 0 saturated heterocycles. The average Bonchev–Trinajstić information content (AvgIpc) is 2.60. The van der Waals surface area contributed by atoms with Crippen LogP contribution in [0, 0.1) is 0 Å². The van der Waals surface area contributed by atoms with E-state index in [0.717, 1.165) is 5.69 Å². The zero-order valence-corrected chi connectivity index (χ0v) is 13.8. The Kier molecular flexibility index (Phi) is 6.19. The van der Waals surface area contributed by atoms with Gasteiger partial charge in [-0.15, -0.1) is 0 Å². The van der Waals surface area contributed by atoms with Gasteiger partial charge in [-0.25, -0.2) is 0 Å². The number of carbonyl (C=O) groups is 2. The molecule has 0 aliphatic carbocycles. The minimum absolute atomic E-state index is 0.0529. The maximum absolute atomic E-state index is 12.0. The lowest BCUT2D eigenvalue weighted by molar-refractivity contribution is -0.116. The molecule has 0 aliphatic heterocycles. The molecule has 0 heterocycles. The second-order valence-corrected chi connectivity index (χ2v) is 5.12. The molecule has 2 aromatic carbocycles. The standard InChI is InChI=1S/C18H21N3O3/c1-3-17(22)20-14-7-4-6-13(10-14)19-12-18(23)21-15-8-5-9-16(11-15)24-2/h4-11,19H,3,12H2,1-2H3,(H,20,22)(H,21,23). The summed E-state index contributed by atoms with van der Waals surface area (Å²) < 4.78 is 5.12. The lowest BCUT2D eigenvalue weighted by Gasteiger charge is -2.10. The minimum atomic E-state index is -0.175. The summed E-state index contributed by atoms with van der Waals surface area (Å²) in [7, 11) is 1.58. The SMILES string of the molecule is CCC(=O)Nc1cccc(NCC(=O)Nc2cccc(OC)c2)c1. The fourth-order valence-electron chi connectivity index (χ4n) is 2.04. The highest BCUT2D eigenvalue weighted by Crippen LogP contribution is 2.17. The van der Waals surface area contributed by atoms with E-state index in [4.69, 9.17) is 4.74 Å². The summed E-state index contributed by atoms with van der Waals surface area (Å²) in [5.41, 5.74) is 2.12. The van der Waals surface area contributed by atoms with Gasteiger partial charge in [-0.3, -0.25) is 9.59 Å². The van der Waals surface area contributed by atoms with Gasteiger partial charge in [-0.2, -0.15) is 0 Å². The van der Waals surface area contributed by atoms with Crippen molar-refractivity contribution in [3.63, 3.8) is 0 Å². The van der Waals surface area contributed by atoms with Gasteiger partial charge in [0.2, 0.25) is 11.8 Å². The molecular formula is C18H21N3O3. The number of benzene rings is 2. The van der Waals surface area contributed by atoms with Crippen LogP contribution < -0.4 is 20.7 Å². The van der Waals surface area contributed by atoms with Crippen LogP contribution in [0.4, 0.5) is 17.1 Å². The molecular weight excluding hydrogens is 306 g/mol. The quantitative estimate of drug-likeness (QED) is 0.730. The second kappa shape index (κ2) is 8.57. The smallest absolute Gasteiger partial charge is 0.243 e. The fraction of sp³-hybridized carbons (Fsp3) is 0.222. The largest absolute Gasteiger partial charge is 0.497 e. The monoisotopic (exact) mass is 327 g/mol. The number of rotatable bonds is 7. The number of hydrogen-bond acceptors (Lipinski definition) is 4. The van der Waals surface area contributed by atoms with Crippen LogP contribution in [0.15, 0.2) is 48.5 Å². The minimum Gasteiger partial charge on any atom is -0.497 e. The van der Waals surface area contributed by atoms with Crippen molar-refractivity contribution >= 4 is 28.9 Å². The Bertz CT molecular complexity index is 716. The van der Waals surface area contributed by atoms with E-state index in [1.54, 1.807) is 38.3 Å². The van der Waals surface area contributed by atoms with E-state index in [2.05, 4.69) is 16.0 Å². The molecule has 0 atom stereocenters. The zero-order chi connectivity index (χ0) is 17.4. The van der Waals surface area contributed by atoms with Crippen LogP contribution in [0.5, 0.6) is 5.75 Å². The molecule has 6 nitrogen and oxygen atoms in total. The molecule has 2 aromatic rings. The molecule has 0 fully saturated rings. The number of nitrogens with one attached hydrogen (secondary N) is 3. The van der Waals surface area contributed by atoms with Crippen LogP contribution in [-0.4, -0.2) is 25.5 Å². The normalized spacial score (nSPS) is 9.92.